The normalized spacial score (nSPS) is 22.9. The molecule has 1 saturated heterocycles. The third kappa shape index (κ3) is 3.29. The Morgan fingerprint density at radius 1 is 1.45 bits per heavy atom. The van der Waals surface area contributed by atoms with Crippen LogP contribution in [0, 0.1) is 6.92 Å². The molecule has 0 amide bonds. The zero-order chi connectivity index (χ0) is 14.7. The van der Waals surface area contributed by atoms with Crippen LogP contribution in [0.15, 0.2) is 12.3 Å². The number of nitrogens with one attached hydrogen (secondary N) is 1. The summed E-state index contributed by atoms with van der Waals surface area (Å²) in [7, 11) is 4.38. The Balaban J connectivity index is 2.32. The summed E-state index contributed by atoms with van der Waals surface area (Å²) in [6.07, 6.45) is 1.83. The molecule has 1 aliphatic rings. The van der Waals surface area contributed by atoms with Crippen LogP contribution < -0.4 is 11.1 Å². The van der Waals surface area contributed by atoms with Crippen molar-refractivity contribution in [2.45, 2.75) is 25.9 Å². The van der Waals surface area contributed by atoms with E-state index in [-0.39, 0.29) is 6.04 Å². The van der Waals surface area contributed by atoms with Crippen molar-refractivity contribution < 1.29 is 0 Å². The first-order chi connectivity index (χ1) is 9.52. The van der Waals surface area contributed by atoms with E-state index >= 15 is 0 Å². The van der Waals surface area contributed by atoms with E-state index in [0.29, 0.717) is 11.9 Å². The lowest BCUT2D eigenvalue weighted by atomic mass is 9.95. The molecule has 2 atom stereocenters. The smallest absolute Gasteiger partial charge is 0.128 e. The molecule has 112 valence electrons. The molecule has 5 nitrogen and oxygen atoms in total. The Morgan fingerprint density at radius 3 is 2.90 bits per heavy atom. The van der Waals surface area contributed by atoms with Gasteiger partial charge in [-0.15, -0.1) is 0 Å². The first-order valence-electron chi connectivity index (χ1n) is 7.37. The minimum Gasteiger partial charge on any atom is -0.383 e. The highest BCUT2D eigenvalue weighted by Crippen LogP contribution is 2.27. The number of likely N-dealkylation sites (N-methyl/N-ethyl adjacent to an activating group) is 3. The van der Waals surface area contributed by atoms with Gasteiger partial charge in [0.25, 0.3) is 0 Å². The number of pyridine rings is 1. The lowest BCUT2D eigenvalue weighted by molar-refractivity contribution is 0.0881. The fourth-order valence-corrected chi connectivity index (χ4v) is 2.93. The Labute approximate surface area is 122 Å². The molecule has 2 unspecified atom stereocenters. The maximum absolute atomic E-state index is 6.12. The highest BCUT2D eigenvalue weighted by atomic mass is 15.3. The van der Waals surface area contributed by atoms with Gasteiger partial charge in [-0.1, -0.05) is 6.92 Å². The van der Waals surface area contributed by atoms with Gasteiger partial charge in [0.2, 0.25) is 0 Å². The number of hydrogen-bond donors (Lipinski definition) is 2. The van der Waals surface area contributed by atoms with Gasteiger partial charge in [-0.25, -0.2) is 4.98 Å². The van der Waals surface area contributed by atoms with Gasteiger partial charge in [-0.2, -0.15) is 0 Å². The van der Waals surface area contributed by atoms with E-state index in [4.69, 9.17) is 5.73 Å². The highest BCUT2D eigenvalue weighted by Gasteiger charge is 2.31. The number of nitrogen functional groups attached to an aromatic ring is 1. The third-order valence-corrected chi connectivity index (χ3v) is 4.13. The summed E-state index contributed by atoms with van der Waals surface area (Å²) in [6, 6.07) is 2.80. The van der Waals surface area contributed by atoms with Crippen LogP contribution in [0.4, 0.5) is 5.82 Å². The van der Waals surface area contributed by atoms with Crippen molar-refractivity contribution in [3.8, 4) is 0 Å². The molecule has 1 aliphatic heterocycles. The molecule has 0 bridgehead atoms. The number of hydrogen-bond acceptors (Lipinski definition) is 5. The largest absolute Gasteiger partial charge is 0.383 e. The van der Waals surface area contributed by atoms with Gasteiger partial charge in [-0.05, 0) is 39.2 Å². The molecule has 0 spiro atoms. The van der Waals surface area contributed by atoms with Crippen LogP contribution in [0.1, 0.15) is 24.1 Å². The molecular formula is C15H27N5. The van der Waals surface area contributed by atoms with Gasteiger partial charge in [0, 0.05) is 37.4 Å². The summed E-state index contributed by atoms with van der Waals surface area (Å²) in [5.74, 6) is 0.642. The third-order valence-electron chi connectivity index (χ3n) is 4.13. The summed E-state index contributed by atoms with van der Waals surface area (Å²) in [6.45, 7) is 8.37. The number of piperazine rings is 1. The molecule has 1 aromatic rings. The molecular weight excluding hydrogens is 250 g/mol. The van der Waals surface area contributed by atoms with Gasteiger partial charge < -0.3 is 16.0 Å². The van der Waals surface area contributed by atoms with E-state index in [1.807, 2.05) is 6.20 Å². The van der Waals surface area contributed by atoms with E-state index in [1.165, 1.54) is 0 Å². The number of aromatic nitrogens is 1. The first-order valence-corrected chi connectivity index (χ1v) is 7.37. The SMILES string of the molecule is CCNC(c1cc(C)cnc1N)C1CN(C)CCN1C. The van der Waals surface area contributed by atoms with Crippen LogP contribution >= 0.6 is 0 Å². The quantitative estimate of drug-likeness (QED) is 0.855. The van der Waals surface area contributed by atoms with Crippen molar-refractivity contribution >= 4 is 5.82 Å². The lowest BCUT2D eigenvalue weighted by Gasteiger charge is -2.42. The predicted octanol–water partition coefficient (Wildman–Crippen LogP) is 0.869. The Morgan fingerprint density at radius 2 is 2.20 bits per heavy atom. The summed E-state index contributed by atoms with van der Waals surface area (Å²) in [5.41, 5.74) is 8.40. The second kappa shape index (κ2) is 6.52. The van der Waals surface area contributed by atoms with Gasteiger partial charge in [0.15, 0.2) is 0 Å². The standard InChI is InChI=1S/C15H27N5/c1-5-17-14(12-8-11(2)9-18-15(12)16)13-10-19(3)6-7-20(13)4/h8-9,13-14,17H,5-7,10H2,1-4H3,(H2,16,18). The number of nitrogens with zero attached hydrogens (tertiary/aromatic N) is 3. The summed E-state index contributed by atoms with van der Waals surface area (Å²) < 4.78 is 0. The second-order valence-corrected chi connectivity index (χ2v) is 5.83. The van der Waals surface area contributed by atoms with Crippen molar-refractivity contribution in [3.63, 3.8) is 0 Å². The highest BCUT2D eigenvalue weighted by molar-refractivity contribution is 5.43. The van der Waals surface area contributed by atoms with Crippen LogP contribution in [0.3, 0.4) is 0 Å². The van der Waals surface area contributed by atoms with Crippen molar-refractivity contribution in [3.05, 3.63) is 23.4 Å². The maximum atomic E-state index is 6.12. The number of nitrogens with two attached hydrogens (primary N) is 1. The van der Waals surface area contributed by atoms with Gasteiger partial charge in [0.1, 0.15) is 5.82 Å². The monoisotopic (exact) mass is 277 g/mol. The fraction of sp³-hybridized carbons (Fsp3) is 0.667. The lowest BCUT2D eigenvalue weighted by Crippen LogP contribution is -2.55. The van der Waals surface area contributed by atoms with Crippen molar-refractivity contribution in [1.82, 2.24) is 20.1 Å². The summed E-state index contributed by atoms with van der Waals surface area (Å²) in [4.78, 5) is 9.14. The van der Waals surface area contributed by atoms with Crippen molar-refractivity contribution in [2.24, 2.45) is 0 Å². The van der Waals surface area contributed by atoms with E-state index in [2.05, 4.69) is 54.1 Å². The van der Waals surface area contributed by atoms with E-state index in [9.17, 15) is 0 Å². The molecule has 3 N–H and O–H groups in total. The zero-order valence-corrected chi connectivity index (χ0v) is 13.1. The van der Waals surface area contributed by atoms with E-state index in [0.717, 1.165) is 37.3 Å². The van der Waals surface area contributed by atoms with Crippen LogP contribution in [0.25, 0.3) is 0 Å². The molecule has 0 radical (unpaired) electrons. The molecule has 0 saturated carbocycles. The molecule has 2 rings (SSSR count). The molecule has 0 aliphatic carbocycles. The van der Waals surface area contributed by atoms with Gasteiger partial charge in [-0.3, -0.25) is 4.90 Å². The summed E-state index contributed by atoms with van der Waals surface area (Å²) >= 11 is 0. The minimum atomic E-state index is 0.222. The van der Waals surface area contributed by atoms with Gasteiger partial charge in [0.05, 0.1) is 6.04 Å². The van der Waals surface area contributed by atoms with Gasteiger partial charge >= 0.3 is 0 Å². The Hall–Kier alpha value is -1.17. The van der Waals surface area contributed by atoms with Crippen LogP contribution in [0.2, 0.25) is 0 Å². The fourth-order valence-electron chi connectivity index (χ4n) is 2.93. The maximum Gasteiger partial charge on any atom is 0.128 e. The topological polar surface area (TPSA) is 57.4 Å². The van der Waals surface area contributed by atoms with Crippen molar-refractivity contribution in [1.29, 1.82) is 0 Å². The second-order valence-electron chi connectivity index (χ2n) is 5.83. The Kier molecular flexibility index (Phi) is 4.96. The van der Waals surface area contributed by atoms with E-state index in [1.54, 1.807) is 0 Å². The molecule has 1 fully saturated rings. The van der Waals surface area contributed by atoms with Crippen LogP contribution in [0.5, 0.6) is 0 Å². The Bertz CT molecular complexity index is 448. The number of anilines is 1. The van der Waals surface area contributed by atoms with Crippen LogP contribution in [-0.2, 0) is 0 Å². The first kappa shape index (κ1) is 15.2. The van der Waals surface area contributed by atoms with Crippen LogP contribution in [-0.4, -0.2) is 61.1 Å². The minimum absolute atomic E-state index is 0.222. The number of aryl methyl sites for hydroxylation is 1. The molecule has 0 aromatic carbocycles. The van der Waals surface area contributed by atoms with Crippen molar-refractivity contribution in [2.75, 3.05) is 46.0 Å². The summed E-state index contributed by atoms with van der Waals surface area (Å²) in [5, 5.41) is 3.60. The predicted molar refractivity (Wildman–Crippen MR) is 83.7 cm³/mol. The molecule has 2 heterocycles. The average Bonchev–Trinajstić information content (AvgIpc) is 2.42. The zero-order valence-electron chi connectivity index (χ0n) is 13.1. The van der Waals surface area contributed by atoms with E-state index < -0.39 is 0 Å². The molecule has 5 heteroatoms. The average molecular weight is 277 g/mol. The number of rotatable bonds is 4. The molecule has 1 aromatic heterocycles. The molecule has 20 heavy (non-hydrogen) atoms.